The van der Waals surface area contributed by atoms with Gasteiger partial charge in [-0.25, -0.2) is 4.98 Å². The molecule has 0 aliphatic carbocycles. The summed E-state index contributed by atoms with van der Waals surface area (Å²) in [5.74, 6) is 0.864. The highest BCUT2D eigenvalue weighted by Gasteiger charge is 2.08. The quantitative estimate of drug-likeness (QED) is 0.397. The molecule has 0 bridgehead atoms. The van der Waals surface area contributed by atoms with Gasteiger partial charge in [-0.15, -0.1) is 35.3 Å². The Morgan fingerprint density at radius 1 is 1.26 bits per heavy atom. The zero-order chi connectivity index (χ0) is 15.6. The van der Waals surface area contributed by atoms with Crippen LogP contribution in [0.4, 0.5) is 0 Å². The Bertz CT molecular complexity index is 455. The van der Waals surface area contributed by atoms with Crippen molar-refractivity contribution in [2.75, 3.05) is 33.2 Å². The van der Waals surface area contributed by atoms with Crippen LogP contribution in [0.3, 0.4) is 0 Å². The second kappa shape index (κ2) is 12.0. The van der Waals surface area contributed by atoms with E-state index in [9.17, 15) is 0 Å². The summed E-state index contributed by atoms with van der Waals surface area (Å²) in [4.78, 5) is 12.6. The van der Waals surface area contributed by atoms with Crippen LogP contribution in [0, 0.1) is 0 Å². The predicted octanol–water partition coefficient (Wildman–Crippen LogP) is 2.86. The van der Waals surface area contributed by atoms with Crippen molar-refractivity contribution in [2.45, 2.75) is 45.6 Å². The van der Waals surface area contributed by atoms with Gasteiger partial charge in [0.25, 0.3) is 0 Å². The number of aliphatic imine (C=N–C) groups is 1. The van der Waals surface area contributed by atoms with Crippen LogP contribution in [0.15, 0.2) is 11.2 Å². The van der Waals surface area contributed by atoms with Crippen molar-refractivity contribution in [3.05, 3.63) is 16.1 Å². The van der Waals surface area contributed by atoms with Crippen molar-refractivity contribution in [1.29, 1.82) is 0 Å². The Morgan fingerprint density at radius 2 is 2.00 bits per heavy atom. The van der Waals surface area contributed by atoms with Gasteiger partial charge in [-0.2, -0.15) is 0 Å². The van der Waals surface area contributed by atoms with Gasteiger partial charge >= 0.3 is 0 Å². The largest absolute Gasteiger partial charge is 0.355 e. The molecule has 0 amide bonds. The van der Waals surface area contributed by atoms with E-state index in [-0.39, 0.29) is 24.0 Å². The first-order valence-electron chi connectivity index (χ1n) is 8.42. The molecule has 5 nitrogen and oxygen atoms in total. The maximum atomic E-state index is 4.42. The lowest BCUT2D eigenvalue weighted by molar-refractivity contribution is 0.289. The number of guanidine groups is 1. The van der Waals surface area contributed by atoms with E-state index in [4.69, 9.17) is 0 Å². The Balaban J connectivity index is 0.00000264. The number of nitrogens with one attached hydrogen (secondary N) is 2. The van der Waals surface area contributed by atoms with E-state index >= 15 is 0 Å². The second-order valence-corrected chi connectivity index (χ2v) is 6.88. The summed E-state index contributed by atoms with van der Waals surface area (Å²) in [6.45, 7) is 7.43. The lowest BCUT2D eigenvalue weighted by Crippen LogP contribution is -2.41. The SMILES string of the molecule is CCc1cnc(CNC(=NC)NCCN2CCCCCC2)s1.I. The molecule has 2 rings (SSSR count). The first-order valence-corrected chi connectivity index (χ1v) is 9.24. The van der Waals surface area contributed by atoms with Crippen molar-refractivity contribution in [2.24, 2.45) is 4.99 Å². The number of aromatic nitrogens is 1. The molecule has 0 radical (unpaired) electrons. The molecule has 23 heavy (non-hydrogen) atoms. The minimum atomic E-state index is 0. The topological polar surface area (TPSA) is 52.6 Å². The molecule has 1 fully saturated rings. The van der Waals surface area contributed by atoms with E-state index in [0.29, 0.717) is 0 Å². The molecule has 1 aliphatic rings. The average Bonchev–Trinajstić information content (AvgIpc) is 2.85. The fraction of sp³-hybridized carbons (Fsp3) is 0.750. The summed E-state index contributed by atoms with van der Waals surface area (Å²) >= 11 is 1.77. The van der Waals surface area contributed by atoms with Crippen LogP contribution in [-0.4, -0.2) is 49.1 Å². The Kier molecular flexibility index (Phi) is 10.8. The number of thiazole rings is 1. The minimum Gasteiger partial charge on any atom is -0.355 e. The summed E-state index contributed by atoms with van der Waals surface area (Å²) < 4.78 is 0. The number of hydrogen-bond acceptors (Lipinski definition) is 4. The molecule has 1 aromatic heterocycles. The van der Waals surface area contributed by atoms with Crippen molar-refractivity contribution in [3.8, 4) is 0 Å². The van der Waals surface area contributed by atoms with Crippen molar-refractivity contribution in [1.82, 2.24) is 20.5 Å². The molecule has 1 aliphatic heterocycles. The molecule has 2 N–H and O–H groups in total. The van der Waals surface area contributed by atoms with E-state index in [1.54, 1.807) is 11.3 Å². The molecule has 7 heteroatoms. The maximum absolute atomic E-state index is 4.42. The number of aryl methyl sites for hydroxylation is 1. The van der Waals surface area contributed by atoms with Crippen LogP contribution >= 0.6 is 35.3 Å². The minimum absolute atomic E-state index is 0. The summed E-state index contributed by atoms with van der Waals surface area (Å²) in [6.07, 6.45) is 8.49. The van der Waals surface area contributed by atoms with Gasteiger partial charge in [-0.05, 0) is 32.4 Å². The lowest BCUT2D eigenvalue weighted by Gasteiger charge is -2.20. The third-order valence-corrected chi connectivity index (χ3v) is 5.14. The van der Waals surface area contributed by atoms with Crippen LogP contribution < -0.4 is 10.6 Å². The third-order valence-electron chi connectivity index (χ3n) is 4.00. The van der Waals surface area contributed by atoms with E-state index in [0.717, 1.165) is 37.0 Å². The first kappa shape index (κ1) is 20.6. The molecule has 1 aromatic rings. The Labute approximate surface area is 161 Å². The van der Waals surface area contributed by atoms with E-state index in [1.807, 2.05) is 13.2 Å². The predicted molar refractivity (Wildman–Crippen MR) is 110 cm³/mol. The summed E-state index contributed by atoms with van der Waals surface area (Å²) in [7, 11) is 1.82. The van der Waals surface area contributed by atoms with E-state index in [2.05, 4.69) is 32.4 Å². The second-order valence-electron chi connectivity index (χ2n) is 5.68. The van der Waals surface area contributed by atoms with Crippen LogP contribution in [-0.2, 0) is 13.0 Å². The first-order chi connectivity index (χ1) is 10.8. The molecule has 2 heterocycles. The zero-order valence-electron chi connectivity index (χ0n) is 14.3. The van der Waals surface area contributed by atoms with Gasteiger partial charge in [0.15, 0.2) is 5.96 Å². The number of rotatable bonds is 6. The van der Waals surface area contributed by atoms with Gasteiger partial charge in [0.1, 0.15) is 5.01 Å². The standard InChI is InChI=1S/C16H29N5S.HI/c1-3-14-12-19-15(22-14)13-20-16(17-2)18-8-11-21-9-6-4-5-7-10-21;/h12H,3-11,13H2,1-2H3,(H2,17,18,20);1H. The smallest absolute Gasteiger partial charge is 0.191 e. The number of hydrogen-bond donors (Lipinski definition) is 2. The molecule has 1 saturated heterocycles. The fourth-order valence-corrected chi connectivity index (χ4v) is 3.47. The molecule has 0 spiro atoms. The van der Waals surface area contributed by atoms with Gasteiger partial charge in [-0.1, -0.05) is 19.8 Å². The molecule has 0 aromatic carbocycles. The highest BCUT2D eigenvalue weighted by Crippen LogP contribution is 2.12. The van der Waals surface area contributed by atoms with Crippen molar-refractivity contribution in [3.63, 3.8) is 0 Å². The molecule has 0 atom stereocenters. The maximum Gasteiger partial charge on any atom is 0.191 e. The summed E-state index contributed by atoms with van der Waals surface area (Å²) in [5.41, 5.74) is 0. The molecule has 0 unspecified atom stereocenters. The van der Waals surface area contributed by atoms with Crippen LogP contribution in [0.5, 0.6) is 0 Å². The van der Waals surface area contributed by atoms with Gasteiger partial charge in [0, 0.05) is 31.2 Å². The average molecular weight is 451 g/mol. The lowest BCUT2D eigenvalue weighted by atomic mass is 10.2. The van der Waals surface area contributed by atoms with Gasteiger partial charge < -0.3 is 15.5 Å². The van der Waals surface area contributed by atoms with Crippen LogP contribution in [0.2, 0.25) is 0 Å². The number of likely N-dealkylation sites (tertiary alicyclic amines) is 1. The number of halogens is 1. The summed E-state index contributed by atoms with van der Waals surface area (Å²) in [5, 5.41) is 7.86. The van der Waals surface area contributed by atoms with Crippen LogP contribution in [0.25, 0.3) is 0 Å². The van der Waals surface area contributed by atoms with Crippen molar-refractivity contribution < 1.29 is 0 Å². The molecule has 132 valence electrons. The normalized spacial score (nSPS) is 16.5. The Morgan fingerprint density at radius 3 is 2.61 bits per heavy atom. The third kappa shape index (κ3) is 7.80. The van der Waals surface area contributed by atoms with E-state index in [1.165, 1.54) is 43.6 Å². The van der Waals surface area contributed by atoms with Gasteiger partial charge in [0.05, 0.1) is 6.54 Å². The monoisotopic (exact) mass is 451 g/mol. The Hall–Kier alpha value is -0.410. The summed E-state index contributed by atoms with van der Waals surface area (Å²) in [6, 6.07) is 0. The van der Waals surface area contributed by atoms with Gasteiger partial charge in [0.2, 0.25) is 0 Å². The highest BCUT2D eigenvalue weighted by atomic mass is 127. The molecular formula is C16H30IN5S. The fourth-order valence-electron chi connectivity index (χ4n) is 2.67. The van der Waals surface area contributed by atoms with E-state index < -0.39 is 0 Å². The van der Waals surface area contributed by atoms with Crippen LogP contribution in [0.1, 0.15) is 42.5 Å². The molecular weight excluding hydrogens is 421 g/mol. The highest BCUT2D eigenvalue weighted by molar-refractivity contribution is 14.0. The zero-order valence-corrected chi connectivity index (χ0v) is 17.5. The van der Waals surface area contributed by atoms with Gasteiger partial charge in [-0.3, -0.25) is 4.99 Å². The molecule has 0 saturated carbocycles. The number of nitrogens with zero attached hydrogens (tertiary/aromatic N) is 3. The van der Waals surface area contributed by atoms with Crippen molar-refractivity contribution >= 4 is 41.3 Å².